The van der Waals surface area contributed by atoms with Gasteiger partial charge in [-0.05, 0) is 12.8 Å². The first-order valence-corrected chi connectivity index (χ1v) is 9.04. The lowest BCUT2D eigenvalue weighted by Gasteiger charge is -2.37. The van der Waals surface area contributed by atoms with Crippen LogP contribution >= 0.6 is 11.3 Å². The zero-order valence-corrected chi connectivity index (χ0v) is 15.2. The molecule has 0 spiro atoms. The highest BCUT2D eigenvalue weighted by Gasteiger charge is 2.33. The van der Waals surface area contributed by atoms with Crippen LogP contribution in [0.3, 0.4) is 0 Å². The molecule has 1 fully saturated rings. The monoisotopic (exact) mass is 338 g/mol. The molecule has 0 aromatic carbocycles. The number of aromatic nitrogens is 1. The van der Waals surface area contributed by atoms with Gasteiger partial charge >= 0.3 is 5.97 Å². The number of carbonyl (C=O) groups excluding carboxylic acids is 2. The van der Waals surface area contributed by atoms with Crippen LogP contribution in [0.1, 0.15) is 68.4 Å². The minimum Gasteiger partial charge on any atom is -0.464 e. The summed E-state index contributed by atoms with van der Waals surface area (Å²) in [7, 11) is 1.35. The number of rotatable bonds is 4. The van der Waals surface area contributed by atoms with E-state index in [1.54, 1.807) is 5.38 Å². The van der Waals surface area contributed by atoms with E-state index in [9.17, 15) is 9.59 Å². The minimum absolute atomic E-state index is 0.152. The van der Waals surface area contributed by atoms with Crippen LogP contribution in [0, 0.1) is 5.41 Å². The summed E-state index contributed by atoms with van der Waals surface area (Å²) in [4.78, 5) is 30.7. The number of amides is 1. The summed E-state index contributed by atoms with van der Waals surface area (Å²) in [6.45, 7) is 6.33. The van der Waals surface area contributed by atoms with Crippen molar-refractivity contribution in [3.8, 4) is 0 Å². The van der Waals surface area contributed by atoms with Crippen molar-refractivity contribution >= 4 is 23.2 Å². The Balaban J connectivity index is 2.18. The summed E-state index contributed by atoms with van der Waals surface area (Å²) in [6, 6.07) is 0.279. The lowest BCUT2D eigenvalue weighted by molar-refractivity contribution is -0.143. The van der Waals surface area contributed by atoms with Gasteiger partial charge in [-0.1, -0.05) is 40.0 Å². The molecule has 1 amide bonds. The Kier molecular flexibility index (Phi) is 5.79. The third-order valence-electron chi connectivity index (χ3n) is 4.17. The molecule has 1 aromatic heterocycles. The SMILES string of the molecule is COC(=O)c1csc(CN(C(=O)C(C)(C)C)C2CCCCC2)n1. The predicted octanol–water partition coefficient (Wildman–Crippen LogP) is 3.64. The lowest BCUT2D eigenvalue weighted by Crippen LogP contribution is -2.46. The maximum Gasteiger partial charge on any atom is 0.357 e. The van der Waals surface area contributed by atoms with Crippen molar-refractivity contribution in [1.29, 1.82) is 0 Å². The molecule has 23 heavy (non-hydrogen) atoms. The van der Waals surface area contributed by atoms with Crippen molar-refractivity contribution < 1.29 is 14.3 Å². The molecule has 1 heterocycles. The van der Waals surface area contributed by atoms with Crippen molar-refractivity contribution in [3.63, 3.8) is 0 Å². The van der Waals surface area contributed by atoms with Crippen LogP contribution in [0.25, 0.3) is 0 Å². The first kappa shape index (κ1) is 17.9. The summed E-state index contributed by atoms with van der Waals surface area (Å²) in [6.07, 6.45) is 5.69. The van der Waals surface area contributed by atoms with Gasteiger partial charge in [-0.15, -0.1) is 11.3 Å². The van der Waals surface area contributed by atoms with Crippen LogP contribution < -0.4 is 0 Å². The molecule has 0 saturated heterocycles. The van der Waals surface area contributed by atoms with E-state index in [2.05, 4.69) is 4.98 Å². The Morgan fingerprint density at radius 3 is 2.52 bits per heavy atom. The fraction of sp³-hybridized carbons (Fsp3) is 0.706. The number of methoxy groups -OCH3 is 1. The van der Waals surface area contributed by atoms with E-state index < -0.39 is 11.4 Å². The van der Waals surface area contributed by atoms with Crippen LogP contribution in [0.5, 0.6) is 0 Å². The zero-order chi connectivity index (χ0) is 17.0. The summed E-state index contributed by atoms with van der Waals surface area (Å²) < 4.78 is 4.70. The number of hydrogen-bond donors (Lipinski definition) is 0. The maximum absolute atomic E-state index is 12.9. The molecular weight excluding hydrogens is 312 g/mol. The highest BCUT2D eigenvalue weighted by Crippen LogP contribution is 2.29. The van der Waals surface area contributed by atoms with Gasteiger partial charge in [0, 0.05) is 16.8 Å². The largest absolute Gasteiger partial charge is 0.464 e. The fourth-order valence-corrected chi connectivity index (χ4v) is 3.68. The Bertz CT molecular complexity index is 556. The topological polar surface area (TPSA) is 59.5 Å². The number of nitrogens with zero attached hydrogens (tertiary/aromatic N) is 2. The third kappa shape index (κ3) is 4.53. The van der Waals surface area contributed by atoms with Crippen molar-refractivity contribution in [2.75, 3.05) is 7.11 Å². The zero-order valence-electron chi connectivity index (χ0n) is 14.4. The van der Waals surface area contributed by atoms with Gasteiger partial charge in [-0.2, -0.15) is 0 Å². The van der Waals surface area contributed by atoms with E-state index in [4.69, 9.17) is 4.74 Å². The van der Waals surface area contributed by atoms with E-state index >= 15 is 0 Å². The first-order chi connectivity index (χ1) is 10.8. The molecule has 1 aliphatic rings. The van der Waals surface area contributed by atoms with Crippen LogP contribution in [0.4, 0.5) is 0 Å². The molecule has 0 atom stereocenters. The Labute approximate surface area is 142 Å². The smallest absolute Gasteiger partial charge is 0.357 e. The molecule has 128 valence electrons. The van der Waals surface area contributed by atoms with Gasteiger partial charge in [-0.25, -0.2) is 9.78 Å². The molecule has 1 aliphatic carbocycles. The van der Waals surface area contributed by atoms with E-state index in [-0.39, 0.29) is 11.9 Å². The maximum atomic E-state index is 12.9. The molecule has 0 unspecified atom stereocenters. The molecule has 1 saturated carbocycles. The average Bonchev–Trinajstić information content (AvgIpc) is 3.00. The van der Waals surface area contributed by atoms with Crippen molar-refractivity contribution in [1.82, 2.24) is 9.88 Å². The standard InChI is InChI=1S/C17H26N2O3S/c1-17(2,3)16(21)19(12-8-6-5-7-9-12)10-14-18-13(11-23-14)15(20)22-4/h11-12H,5-10H2,1-4H3. The molecule has 0 N–H and O–H groups in total. The van der Waals surface area contributed by atoms with Crippen LogP contribution in [-0.4, -0.2) is 34.9 Å². The highest BCUT2D eigenvalue weighted by molar-refractivity contribution is 7.09. The van der Waals surface area contributed by atoms with Crippen LogP contribution in [0.15, 0.2) is 5.38 Å². The van der Waals surface area contributed by atoms with Gasteiger partial charge in [0.15, 0.2) is 5.69 Å². The number of thiazole rings is 1. The quantitative estimate of drug-likeness (QED) is 0.787. The van der Waals surface area contributed by atoms with Gasteiger partial charge < -0.3 is 9.64 Å². The van der Waals surface area contributed by atoms with E-state index in [0.29, 0.717) is 12.2 Å². The molecule has 0 aliphatic heterocycles. The van der Waals surface area contributed by atoms with Gasteiger partial charge in [0.1, 0.15) is 5.01 Å². The van der Waals surface area contributed by atoms with Crippen LogP contribution in [0.2, 0.25) is 0 Å². The second kappa shape index (κ2) is 7.43. The number of ether oxygens (including phenoxy) is 1. The average molecular weight is 338 g/mol. The Morgan fingerprint density at radius 2 is 1.96 bits per heavy atom. The molecular formula is C17H26N2O3S. The third-order valence-corrected chi connectivity index (χ3v) is 5.00. The van der Waals surface area contributed by atoms with Crippen molar-refractivity contribution in [2.45, 2.75) is 65.5 Å². The first-order valence-electron chi connectivity index (χ1n) is 8.16. The van der Waals surface area contributed by atoms with Gasteiger partial charge in [0.05, 0.1) is 13.7 Å². The van der Waals surface area contributed by atoms with Crippen molar-refractivity contribution in [2.24, 2.45) is 5.41 Å². The molecule has 5 nitrogen and oxygen atoms in total. The highest BCUT2D eigenvalue weighted by atomic mass is 32.1. The molecule has 2 rings (SSSR count). The predicted molar refractivity (Wildman–Crippen MR) is 90.3 cm³/mol. The van der Waals surface area contributed by atoms with E-state index in [0.717, 1.165) is 17.8 Å². The van der Waals surface area contributed by atoms with Gasteiger partial charge in [0.25, 0.3) is 0 Å². The van der Waals surface area contributed by atoms with Crippen molar-refractivity contribution in [3.05, 3.63) is 16.1 Å². The fourth-order valence-electron chi connectivity index (χ4n) is 2.92. The molecule has 0 bridgehead atoms. The summed E-state index contributed by atoms with van der Waals surface area (Å²) in [5, 5.41) is 2.48. The Hall–Kier alpha value is -1.43. The summed E-state index contributed by atoms with van der Waals surface area (Å²) >= 11 is 1.41. The minimum atomic E-state index is -0.432. The number of esters is 1. The number of hydrogen-bond acceptors (Lipinski definition) is 5. The molecule has 1 aromatic rings. The molecule has 6 heteroatoms. The summed E-state index contributed by atoms with van der Waals surface area (Å²) in [5.74, 6) is -0.280. The van der Waals surface area contributed by atoms with Gasteiger partial charge in [0.2, 0.25) is 5.91 Å². The normalized spacial score (nSPS) is 16.2. The van der Waals surface area contributed by atoms with E-state index in [1.807, 2.05) is 25.7 Å². The lowest BCUT2D eigenvalue weighted by atomic mass is 9.89. The number of carbonyl (C=O) groups is 2. The van der Waals surface area contributed by atoms with Crippen LogP contribution in [-0.2, 0) is 16.1 Å². The van der Waals surface area contributed by atoms with Gasteiger partial charge in [-0.3, -0.25) is 4.79 Å². The second-order valence-electron chi connectivity index (χ2n) is 7.09. The summed E-state index contributed by atoms with van der Waals surface area (Å²) in [5.41, 5.74) is -0.0980. The molecule has 0 radical (unpaired) electrons. The van der Waals surface area contributed by atoms with E-state index in [1.165, 1.54) is 37.7 Å². The Morgan fingerprint density at radius 1 is 1.30 bits per heavy atom. The second-order valence-corrected chi connectivity index (χ2v) is 8.04.